The molecule has 0 bridgehead atoms. The van der Waals surface area contributed by atoms with Crippen LogP contribution in [-0.4, -0.2) is 28.9 Å². The van der Waals surface area contributed by atoms with Crippen molar-refractivity contribution in [2.75, 3.05) is 13.1 Å². The van der Waals surface area contributed by atoms with E-state index in [2.05, 4.69) is 27.5 Å². The van der Waals surface area contributed by atoms with E-state index in [0.29, 0.717) is 6.54 Å². The van der Waals surface area contributed by atoms with Crippen LogP contribution < -0.4 is 5.32 Å². The van der Waals surface area contributed by atoms with Crippen LogP contribution in [-0.2, 0) is 24.3 Å². The Morgan fingerprint density at radius 3 is 3.25 bits per heavy atom. The smallest absolute Gasteiger partial charge is 0.224 e. The van der Waals surface area contributed by atoms with E-state index in [9.17, 15) is 4.79 Å². The number of nitrogens with zero attached hydrogens (tertiary/aromatic N) is 2. The lowest BCUT2D eigenvalue weighted by Gasteiger charge is -2.31. The van der Waals surface area contributed by atoms with Gasteiger partial charge in [-0.1, -0.05) is 6.92 Å². The predicted molar refractivity (Wildman–Crippen MR) is 94.7 cm³/mol. The monoisotopic (exact) mass is 347 g/mol. The molecule has 1 N–H and O–H groups in total. The average Bonchev–Trinajstić information content (AvgIpc) is 3.25. The molecule has 6 heteroatoms. The van der Waals surface area contributed by atoms with Gasteiger partial charge in [0.15, 0.2) is 0 Å². The zero-order chi connectivity index (χ0) is 16.8. The summed E-state index contributed by atoms with van der Waals surface area (Å²) in [6.07, 6.45) is 5.83. The van der Waals surface area contributed by atoms with Crippen molar-refractivity contribution in [3.05, 3.63) is 40.2 Å². The third kappa shape index (κ3) is 4.68. The molecule has 0 aliphatic carbocycles. The first kappa shape index (κ1) is 17.2. The van der Waals surface area contributed by atoms with E-state index in [1.807, 2.05) is 12.1 Å². The molecule has 3 rings (SSSR count). The number of rotatable bonds is 7. The third-order valence-electron chi connectivity index (χ3n) is 4.34. The molecule has 2 aromatic heterocycles. The van der Waals surface area contributed by atoms with E-state index in [4.69, 9.17) is 4.42 Å². The number of thiazole rings is 1. The number of piperidine rings is 1. The van der Waals surface area contributed by atoms with Crippen LogP contribution in [0.5, 0.6) is 0 Å². The molecule has 130 valence electrons. The van der Waals surface area contributed by atoms with E-state index >= 15 is 0 Å². The van der Waals surface area contributed by atoms with Crippen LogP contribution in [0.4, 0.5) is 0 Å². The second kappa shape index (κ2) is 8.44. The lowest BCUT2D eigenvalue weighted by atomic mass is 9.97. The maximum Gasteiger partial charge on any atom is 0.224 e. The largest absolute Gasteiger partial charge is 0.468 e. The molecule has 0 aromatic carbocycles. The Labute approximate surface area is 147 Å². The van der Waals surface area contributed by atoms with Crippen LogP contribution in [0.3, 0.4) is 0 Å². The number of aromatic nitrogens is 1. The highest BCUT2D eigenvalue weighted by molar-refractivity contribution is 7.09. The van der Waals surface area contributed by atoms with E-state index in [1.165, 1.54) is 0 Å². The van der Waals surface area contributed by atoms with Crippen molar-refractivity contribution in [2.24, 2.45) is 5.92 Å². The van der Waals surface area contributed by atoms with Gasteiger partial charge in [-0.05, 0) is 44.4 Å². The van der Waals surface area contributed by atoms with Crippen LogP contribution >= 0.6 is 11.3 Å². The first-order valence-corrected chi connectivity index (χ1v) is 9.58. The van der Waals surface area contributed by atoms with Crippen molar-refractivity contribution in [2.45, 2.75) is 45.7 Å². The molecule has 1 saturated heterocycles. The molecule has 5 nitrogen and oxygen atoms in total. The first-order chi connectivity index (χ1) is 11.7. The van der Waals surface area contributed by atoms with E-state index < -0.39 is 0 Å². The molecule has 0 spiro atoms. The minimum atomic E-state index is 0.0578. The number of aryl methyl sites for hydroxylation is 1. The summed E-state index contributed by atoms with van der Waals surface area (Å²) >= 11 is 1.68. The fraction of sp³-hybridized carbons (Fsp3) is 0.556. The Morgan fingerprint density at radius 1 is 1.54 bits per heavy atom. The number of carbonyl (C=O) groups excluding carboxylic acids is 1. The normalized spacial score (nSPS) is 18.6. The number of likely N-dealkylation sites (tertiary alicyclic amines) is 1. The van der Waals surface area contributed by atoms with Gasteiger partial charge < -0.3 is 9.73 Å². The third-order valence-corrected chi connectivity index (χ3v) is 5.30. The summed E-state index contributed by atoms with van der Waals surface area (Å²) in [5.41, 5.74) is 0.972. The molecule has 1 atom stereocenters. The van der Waals surface area contributed by atoms with Crippen molar-refractivity contribution in [1.29, 1.82) is 0 Å². The molecular formula is C18H25N3O2S. The number of hydrogen-bond acceptors (Lipinski definition) is 5. The highest BCUT2D eigenvalue weighted by Crippen LogP contribution is 2.19. The van der Waals surface area contributed by atoms with Crippen LogP contribution in [0.25, 0.3) is 0 Å². The topological polar surface area (TPSA) is 58.4 Å². The molecule has 2 aromatic rings. The van der Waals surface area contributed by atoms with Gasteiger partial charge in [-0.15, -0.1) is 11.3 Å². The Morgan fingerprint density at radius 2 is 2.46 bits per heavy atom. The highest BCUT2D eigenvalue weighted by atomic mass is 32.1. The van der Waals surface area contributed by atoms with Crippen LogP contribution in [0.2, 0.25) is 0 Å². The quantitative estimate of drug-likeness (QED) is 0.835. The van der Waals surface area contributed by atoms with Crippen molar-refractivity contribution < 1.29 is 9.21 Å². The molecule has 24 heavy (non-hydrogen) atoms. The number of hydrogen-bond donors (Lipinski definition) is 1. The van der Waals surface area contributed by atoms with Gasteiger partial charge in [0.05, 0.1) is 36.0 Å². The summed E-state index contributed by atoms with van der Waals surface area (Å²) < 4.78 is 5.41. The van der Waals surface area contributed by atoms with Gasteiger partial charge in [0.2, 0.25) is 5.91 Å². The van der Waals surface area contributed by atoms with Gasteiger partial charge in [-0.2, -0.15) is 0 Å². The first-order valence-electron chi connectivity index (χ1n) is 8.70. The Hall–Kier alpha value is -1.66. The predicted octanol–water partition coefficient (Wildman–Crippen LogP) is 3.22. The summed E-state index contributed by atoms with van der Waals surface area (Å²) in [6, 6.07) is 3.89. The van der Waals surface area contributed by atoms with Crippen molar-refractivity contribution in [3.63, 3.8) is 0 Å². The highest BCUT2D eigenvalue weighted by Gasteiger charge is 2.26. The summed E-state index contributed by atoms with van der Waals surface area (Å²) in [7, 11) is 0. The molecule has 0 saturated carbocycles. The van der Waals surface area contributed by atoms with Crippen molar-refractivity contribution in [3.8, 4) is 0 Å². The molecule has 1 unspecified atom stereocenters. The van der Waals surface area contributed by atoms with Crippen molar-refractivity contribution >= 4 is 17.2 Å². The molecule has 3 heterocycles. The molecule has 1 amide bonds. The Bertz CT molecular complexity index is 638. The lowest BCUT2D eigenvalue weighted by molar-refractivity contribution is -0.127. The molecule has 1 aliphatic heterocycles. The summed E-state index contributed by atoms with van der Waals surface area (Å²) in [5.74, 6) is 1.16. The van der Waals surface area contributed by atoms with Gasteiger partial charge in [-0.3, -0.25) is 9.69 Å². The van der Waals surface area contributed by atoms with Gasteiger partial charge >= 0.3 is 0 Å². The molecule has 1 aliphatic rings. The average molecular weight is 347 g/mol. The summed E-state index contributed by atoms with van der Waals surface area (Å²) in [6.45, 7) is 5.29. The van der Waals surface area contributed by atoms with Crippen LogP contribution in [0, 0.1) is 5.92 Å². The number of amides is 1. The Kier molecular flexibility index (Phi) is 6.04. The van der Waals surface area contributed by atoms with Crippen LogP contribution in [0.1, 0.15) is 42.6 Å². The minimum Gasteiger partial charge on any atom is -0.468 e. The van der Waals surface area contributed by atoms with Crippen molar-refractivity contribution in [1.82, 2.24) is 15.2 Å². The maximum absolute atomic E-state index is 12.5. The number of carbonyl (C=O) groups is 1. The van der Waals surface area contributed by atoms with Gasteiger partial charge in [0.1, 0.15) is 5.76 Å². The second-order valence-corrected chi connectivity index (χ2v) is 7.30. The van der Waals surface area contributed by atoms with E-state index in [-0.39, 0.29) is 11.8 Å². The van der Waals surface area contributed by atoms with Crippen LogP contribution in [0.15, 0.2) is 28.2 Å². The fourth-order valence-corrected chi connectivity index (χ4v) is 4.02. The zero-order valence-electron chi connectivity index (χ0n) is 14.2. The molecule has 1 fully saturated rings. The van der Waals surface area contributed by atoms with Gasteiger partial charge in [0.25, 0.3) is 0 Å². The van der Waals surface area contributed by atoms with Gasteiger partial charge in [0, 0.05) is 11.9 Å². The summed E-state index contributed by atoms with van der Waals surface area (Å²) in [4.78, 5) is 19.3. The number of nitrogens with one attached hydrogen (secondary N) is 1. The van der Waals surface area contributed by atoms with Gasteiger partial charge in [-0.25, -0.2) is 4.98 Å². The fourth-order valence-electron chi connectivity index (χ4n) is 3.12. The van der Waals surface area contributed by atoms with E-state index in [1.54, 1.807) is 17.6 Å². The number of furan rings is 1. The maximum atomic E-state index is 12.5. The SMILES string of the molecule is CCCc1nc(CNC(=O)C2CCCN(Cc3ccco3)C2)cs1. The Balaban J connectivity index is 1.47. The molecular weight excluding hydrogens is 322 g/mol. The standard InChI is InChI=1S/C18H25N3O2S/c1-2-5-17-20-15(13-24-17)10-19-18(22)14-6-3-8-21(11-14)12-16-7-4-9-23-16/h4,7,9,13-14H,2-3,5-6,8,10-12H2,1H3,(H,19,22). The summed E-state index contributed by atoms with van der Waals surface area (Å²) in [5, 5.41) is 6.27. The lowest BCUT2D eigenvalue weighted by Crippen LogP contribution is -2.42. The molecule has 0 radical (unpaired) electrons. The van der Waals surface area contributed by atoms with E-state index in [0.717, 1.165) is 61.8 Å². The zero-order valence-corrected chi connectivity index (χ0v) is 15.0. The minimum absolute atomic E-state index is 0.0578. The second-order valence-electron chi connectivity index (χ2n) is 6.35.